The molecule has 4 nitrogen and oxygen atoms in total. The van der Waals surface area contributed by atoms with E-state index in [9.17, 15) is 4.79 Å². The van der Waals surface area contributed by atoms with E-state index in [0.29, 0.717) is 12.2 Å². The van der Waals surface area contributed by atoms with Gasteiger partial charge < -0.3 is 9.64 Å². The number of rotatable bonds is 3. The summed E-state index contributed by atoms with van der Waals surface area (Å²) < 4.78 is 5.92. The summed E-state index contributed by atoms with van der Waals surface area (Å²) in [6, 6.07) is 7.47. The molecule has 1 aromatic rings. The molecule has 1 heterocycles. The predicted molar refractivity (Wildman–Crippen MR) is 80.5 cm³/mol. The van der Waals surface area contributed by atoms with Crippen LogP contribution < -0.4 is 4.90 Å². The van der Waals surface area contributed by atoms with Crippen LogP contribution in [0.1, 0.15) is 31.7 Å². The van der Waals surface area contributed by atoms with Gasteiger partial charge in [-0.25, -0.2) is 4.79 Å². The van der Waals surface area contributed by atoms with Gasteiger partial charge in [0.15, 0.2) is 0 Å². The molecule has 0 aromatic heterocycles. The van der Waals surface area contributed by atoms with E-state index >= 15 is 0 Å². The van der Waals surface area contributed by atoms with Crippen molar-refractivity contribution in [2.45, 2.75) is 32.2 Å². The first-order valence-corrected chi connectivity index (χ1v) is 7.59. The van der Waals surface area contributed by atoms with Crippen LogP contribution in [0.2, 0.25) is 0 Å². The van der Waals surface area contributed by atoms with Crippen LogP contribution in [-0.4, -0.2) is 25.2 Å². The fourth-order valence-electron chi connectivity index (χ4n) is 2.50. The quantitative estimate of drug-likeness (QED) is 0.795. The van der Waals surface area contributed by atoms with Gasteiger partial charge in [0, 0.05) is 16.7 Å². The van der Waals surface area contributed by atoms with Gasteiger partial charge in [0.05, 0.1) is 12.2 Å². The Morgan fingerprint density at radius 3 is 3.00 bits per heavy atom. The molecule has 1 aromatic carbocycles. The van der Waals surface area contributed by atoms with Crippen LogP contribution in [0.5, 0.6) is 0 Å². The number of hydrogen-bond donors (Lipinski definition) is 0. The highest BCUT2D eigenvalue weighted by Crippen LogP contribution is 2.29. The summed E-state index contributed by atoms with van der Waals surface area (Å²) in [5.74, 6) is -0.160. The summed E-state index contributed by atoms with van der Waals surface area (Å²) in [6.07, 6.45) is 2.92. The van der Waals surface area contributed by atoms with E-state index in [-0.39, 0.29) is 12.0 Å². The highest BCUT2D eigenvalue weighted by molar-refractivity contribution is 9.10. The smallest absolute Gasteiger partial charge is 0.328 e. The molecule has 1 saturated heterocycles. The molecule has 1 aliphatic rings. The summed E-state index contributed by atoms with van der Waals surface area (Å²) >= 11 is 3.40. The van der Waals surface area contributed by atoms with Crippen LogP contribution in [0.15, 0.2) is 22.7 Å². The second kappa shape index (κ2) is 6.76. The second-order valence-electron chi connectivity index (χ2n) is 4.73. The molecule has 1 aliphatic heterocycles. The van der Waals surface area contributed by atoms with Gasteiger partial charge in [-0.05, 0) is 60.3 Å². The molecule has 2 rings (SSSR count). The van der Waals surface area contributed by atoms with Crippen LogP contribution in [0, 0.1) is 11.3 Å². The summed E-state index contributed by atoms with van der Waals surface area (Å²) in [5.41, 5.74) is 1.55. The number of piperidine rings is 1. The van der Waals surface area contributed by atoms with Crippen molar-refractivity contribution < 1.29 is 9.53 Å². The average Bonchev–Trinajstić information content (AvgIpc) is 2.47. The predicted octanol–water partition coefficient (Wildman–Crippen LogP) is 3.24. The van der Waals surface area contributed by atoms with Crippen molar-refractivity contribution in [3.8, 4) is 6.07 Å². The maximum Gasteiger partial charge on any atom is 0.328 e. The summed E-state index contributed by atoms with van der Waals surface area (Å²) in [7, 11) is 0. The van der Waals surface area contributed by atoms with Crippen molar-refractivity contribution in [3.63, 3.8) is 0 Å². The minimum Gasteiger partial charge on any atom is -0.464 e. The highest BCUT2D eigenvalue weighted by atomic mass is 79.9. The van der Waals surface area contributed by atoms with Gasteiger partial charge >= 0.3 is 5.97 Å². The first kappa shape index (κ1) is 14.9. The fourth-order valence-corrected chi connectivity index (χ4v) is 2.95. The molecule has 1 atom stereocenters. The lowest BCUT2D eigenvalue weighted by molar-refractivity contribution is -0.145. The normalized spacial score (nSPS) is 18.4. The molecule has 1 unspecified atom stereocenters. The molecular weight excluding hydrogens is 320 g/mol. The minimum atomic E-state index is -0.219. The van der Waals surface area contributed by atoms with Crippen LogP contribution in [0.3, 0.4) is 0 Å². The molecule has 0 aliphatic carbocycles. The van der Waals surface area contributed by atoms with Gasteiger partial charge in [-0.2, -0.15) is 5.26 Å². The standard InChI is InChI=1S/C15H17BrN2O2/c1-2-20-15(19)14-5-3-4-8-18(14)12-7-6-11(10-17)13(16)9-12/h6-7,9,14H,2-5,8H2,1H3. The number of ether oxygens (including phenoxy) is 1. The molecule has 0 N–H and O–H groups in total. The molecule has 0 saturated carbocycles. The van der Waals surface area contributed by atoms with E-state index in [0.717, 1.165) is 36.0 Å². The number of esters is 1. The lowest BCUT2D eigenvalue weighted by atomic mass is 10.0. The summed E-state index contributed by atoms with van der Waals surface area (Å²) in [6.45, 7) is 3.06. The zero-order chi connectivity index (χ0) is 14.5. The summed E-state index contributed by atoms with van der Waals surface area (Å²) in [4.78, 5) is 14.1. The molecule has 20 heavy (non-hydrogen) atoms. The van der Waals surface area contributed by atoms with E-state index in [1.54, 1.807) is 6.07 Å². The van der Waals surface area contributed by atoms with E-state index in [2.05, 4.69) is 26.9 Å². The molecule has 5 heteroatoms. The van der Waals surface area contributed by atoms with E-state index in [1.807, 2.05) is 19.1 Å². The van der Waals surface area contributed by atoms with Crippen LogP contribution in [-0.2, 0) is 9.53 Å². The van der Waals surface area contributed by atoms with Gasteiger partial charge in [-0.3, -0.25) is 0 Å². The number of carbonyl (C=O) groups excluding carboxylic acids is 1. The fraction of sp³-hybridized carbons (Fsp3) is 0.467. The van der Waals surface area contributed by atoms with Crippen LogP contribution in [0.4, 0.5) is 5.69 Å². The van der Waals surface area contributed by atoms with Crippen LogP contribution in [0.25, 0.3) is 0 Å². The molecule has 0 amide bonds. The summed E-state index contributed by atoms with van der Waals surface area (Å²) in [5, 5.41) is 8.96. The topological polar surface area (TPSA) is 53.3 Å². The van der Waals surface area contributed by atoms with E-state index in [4.69, 9.17) is 10.00 Å². The van der Waals surface area contributed by atoms with Crippen molar-refractivity contribution in [2.24, 2.45) is 0 Å². The van der Waals surface area contributed by atoms with Crippen molar-refractivity contribution >= 4 is 27.6 Å². The lowest BCUT2D eigenvalue weighted by Gasteiger charge is -2.36. The number of nitrogens with zero attached hydrogens (tertiary/aromatic N) is 2. The molecule has 0 radical (unpaired) electrons. The molecule has 0 spiro atoms. The molecule has 1 fully saturated rings. The van der Waals surface area contributed by atoms with Gasteiger partial charge in [0.2, 0.25) is 0 Å². The highest BCUT2D eigenvalue weighted by Gasteiger charge is 2.30. The zero-order valence-corrected chi connectivity index (χ0v) is 13.0. The number of halogens is 1. The van der Waals surface area contributed by atoms with Crippen molar-refractivity contribution in [1.29, 1.82) is 5.26 Å². The Balaban J connectivity index is 2.26. The number of benzene rings is 1. The molecule has 0 bridgehead atoms. The first-order valence-electron chi connectivity index (χ1n) is 6.80. The lowest BCUT2D eigenvalue weighted by Crippen LogP contribution is -2.45. The minimum absolute atomic E-state index is 0.160. The Hall–Kier alpha value is -1.54. The maximum atomic E-state index is 12.1. The second-order valence-corrected chi connectivity index (χ2v) is 5.59. The molecule has 106 valence electrons. The monoisotopic (exact) mass is 336 g/mol. The SMILES string of the molecule is CCOC(=O)C1CCCCN1c1ccc(C#N)c(Br)c1. The van der Waals surface area contributed by atoms with Crippen molar-refractivity contribution in [2.75, 3.05) is 18.1 Å². The van der Waals surface area contributed by atoms with Gasteiger partial charge in [-0.1, -0.05) is 0 Å². The zero-order valence-electron chi connectivity index (χ0n) is 11.4. The number of anilines is 1. The number of carbonyl (C=O) groups is 1. The van der Waals surface area contributed by atoms with Gasteiger partial charge in [-0.15, -0.1) is 0 Å². The third kappa shape index (κ3) is 3.13. The van der Waals surface area contributed by atoms with Crippen molar-refractivity contribution in [1.82, 2.24) is 0 Å². The maximum absolute atomic E-state index is 12.1. The molecular formula is C15H17BrN2O2. The average molecular weight is 337 g/mol. The third-order valence-electron chi connectivity index (χ3n) is 3.47. The Bertz CT molecular complexity index is 539. The van der Waals surface area contributed by atoms with Gasteiger partial charge in [0.1, 0.15) is 12.1 Å². The first-order chi connectivity index (χ1) is 9.67. The van der Waals surface area contributed by atoms with Crippen LogP contribution >= 0.6 is 15.9 Å². The Kier molecular flexibility index (Phi) is 5.02. The Labute approximate surface area is 127 Å². The largest absolute Gasteiger partial charge is 0.464 e. The number of hydrogen-bond acceptors (Lipinski definition) is 4. The Morgan fingerprint density at radius 1 is 1.55 bits per heavy atom. The van der Waals surface area contributed by atoms with Crippen molar-refractivity contribution in [3.05, 3.63) is 28.2 Å². The third-order valence-corrected chi connectivity index (χ3v) is 4.12. The number of nitriles is 1. The van der Waals surface area contributed by atoms with E-state index < -0.39 is 0 Å². The van der Waals surface area contributed by atoms with Gasteiger partial charge in [0.25, 0.3) is 0 Å². The van der Waals surface area contributed by atoms with E-state index in [1.165, 1.54) is 0 Å². The Morgan fingerprint density at radius 2 is 2.35 bits per heavy atom.